The Morgan fingerprint density at radius 2 is 1.93 bits per heavy atom. The molecule has 2 aromatic rings. The van der Waals surface area contributed by atoms with E-state index in [0.29, 0.717) is 37.1 Å². The van der Waals surface area contributed by atoms with Crippen LogP contribution in [0.25, 0.3) is 0 Å². The van der Waals surface area contributed by atoms with Crippen molar-refractivity contribution in [1.82, 2.24) is 4.90 Å². The molecular formula is C35H43NO5. The Hall–Kier alpha value is -2.96. The van der Waals surface area contributed by atoms with Gasteiger partial charge in [-0.3, -0.25) is 4.79 Å². The smallest absolute Gasteiger partial charge is 0.410 e. The molecule has 1 spiro atoms. The number of ether oxygens (including phenoxy) is 2. The monoisotopic (exact) mass is 557 g/mol. The van der Waals surface area contributed by atoms with Gasteiger partial charge in [-0.1, -0.05) is 61.0 Å². The number of hydrogen-bond acceptors (Lipinski definition) is 5. The number of ketones is 1. The van der Waals surface area contributed by atoms with Gasteiger partial charge in [-0.15, -0.1) is 0 Å². The number of fused-ring (bicyclic) bond motifs is 8. The van der Waals surface area contributed by atoms with E-state index in [9.17, 15) is 14.7 Å². The second kappa shape index (κ2) is 11.4. The first-order valence-electron chi connectivity index (χ1n) is 15.4. The lowest BCUT2D eigenvalue weighted by atomic mass is 9.64. The summed E-state index contributed by atoms with van der Waals surface area (Å²) < 4.78 is 12.3. The molecule has 2 bridgehead atoms. The van der Waals surface area contributed by atoms with Crippen molar-refractivity contribution in [2.45, 2.75) is 95.4 Å². The van der Waals surface area contributed by atoms with Crippen LogP contribution in [-0.4, -0.2) is 59.4 Å². The molecule has 0 aromatic heterocycles. The van der Waals surface area contributed by atoms with E-state index in [-0.39, 0.29) is 29.3 Å². The van der Waals surface area contributed by atoms with Crippen LogP contribution in [0.4, 0.5) is 4.79 Å². The van der Waals surface area contributed by atoms with Crippen LogP contribution >= 0.6 is 0 Å². The van der Waals surface area contributed by atoms with Crippen LogP contribution in [0, 0.1) is 5.41 Å². The molecule has 2 heterocycles. The summed E-state index contributed by atoms with van der Waals surface area (Å²) in [5.41, 5.74) is 3.68. The van der Waals surface area contributed by atoms with E-state index in [4.69, 9.17) is 9.47 Å². The first-order chi connectivity index (χ1) is 19.8. The molecule has 6 nitrogen and oxygen atoms in total. The van der Waals surface area contributed by atoms with E-state index in [1.807, 2.05) is 41.3 Å². The Morgan fingerprint density at radius 1 is 1.10 bits per heavy atom. The number of allylic oxidation sites excluding steroid dienone is 2. The van der Waals surface area contributed by atoms with E-state index >= 15 is 0 Å². The lowest BCUT2D eigenvalue weighted by molar-refractivity contribution is -0.0374. The van der Waals surface area contributed by atoms with Crippen molar-refractivity contribution in [3.63, 3.8) is 0 Å². The van der Waals surface area contributed by atoms with Crippen molar-refractivity contribution in [3.05, 3.63) is 82.4 Å². The highest BCUT2D eigenvalue weighted by molar-refractivity contribution is 6.10. The zero-order chi connectivity index (χ0) is 28.6. The highest BCUT2D eigenvalue weighted by Gasteiger charge is 2.64. The molecule has 7 rings (SSSR count). The quantitative estimate of drug-likeness (QED) is 0.339. The summed E-state index contributed by atoms with van der Waals surface area (Å²) in [5.74, 6) is 0.0581. The summed E-state index contributed by atoms with van der Waals surface area (Å²) in [5, 5.41) is 10.8. The highest BCUT2D eigenvalue weighted by atomic mass is 16.6. The second-order valence-electron chi connectivity index (χ2n) is 13.0. The first-order valence-corrected chi connectivity index (χ1v) is 15.4. The number of carbonyl (C=O) groups excluding carboxylic acids is 2. The molecule has 1 N–H and O–H groups in total. The van der Waals surface area contributed by atoms with Crippen molar-refractivity contribution >= 4 is 11.9 Å². The third-order valence-electron chi connectivity index (χ3n) is 10.4. The molecule has 6 heteroatoms. The summed E-state index contributed by atoms with van der Waals surface area (Å²) in [6.45, 7) is 6.33. The normalized spacial score (nSPS) is 32.1. The Morgan fingerprint density at radius 3 is 2.71 bits per heavy atom. The van der Waals surface area contributed by atoms with E-state index < -0.39 is 11.7 Å². The van der Waals surface area contributed by atoms with Gasteiger partial charge >= 0.3 is 6.09 Å². The number of nitrogens with zero attached hydrogens (tertiary/aromatic N) is 1. The zero-order valence-electron chi connectivity index (χ0n) is 24.4. The van der Waals surface area contributed by atoms with Crippen molar-refractivity contribution < 1.29 is 24.2 Å². The minimum Gasteiger partial charge on any atom is -0.440 e. The maximum Gasteiger partial charge on any atom is 0.410 e. The summed E-state index contributed by atoms with van der Waals surface area (Å²) in [4.78, 5) is 29.2. The summed E-state index contributed by atoms with van der Waals surface area (Å²) >= 11 is 0. The van der Waals surface area contributed by atoms with Crippen LogP contribution in [0.5, 0.6) is 0 Å². The minimum absolute atomic E-state index is 0.00602. The van der Waals surface area contributed by atoms with Gasteiger partial charge in [0.2, 0.25) is 0 Å². The van der Waals surface area contributed by atoms with E-state index in [0.717, 1.165) is 62.7 Å². The molecule has 218 valence electrons. The van der Waals surface area contributed by atoms with Crippen LogP contribution in [0.3, 0.4) is 0 Å². The second-order valence-corrected chi connectivity index (χ2v) is 13.0. The number of rotatable bonds is 4. The molecule has 1 amide bonds. The number of carbonyl (C=O) groups is 2. The molecule has 5 atom stereocenters. The third-order valence-corrected chi connectivity index (χ3v) is 10.4. The van der Waals surface area contributed by atoms with Gasteiger partial charge in [0, 0.05) is 23.1 Å². The van der Waals surface area contributed by atoms with Gasteiger partial charge in [-0.25, -0.2) is 4.79 Å². The van der Waals surface area contributed by atoms with Crippen LogP contribution < -0.4 is 0 Å². The molecule has 1 saturated carbocycles. The van der Waals surface area contributed by atoms with E-state index in [2.05, 4.69) is 32.1 Å². The van der Waals surface area contributed by atoms with Crippen molar-refractivity contribution in [3.8, 4) is 0 Å². The largest absolute Gasteiger partial charge is 0.440 e. The molecular weight excluding hydrogens is 514 g/mol. The lowest BCUT2D eigenvalue weighted by Gasteiger charge is -2.43. The van der Waals surface area contributed by atoms with E-state index in [1.165, 1.54) is 5.57 Å². The average Bonchev–Trinajstić information content (AvgIpc) is 3.66. The van der Waals surface area contributed by atoms with Gasteiger partial charge in [-0.05, 0) is 87.8 Å². The molecule has 3 fully saturated rings. The summed E-state index contributed by atoms with van der Waals surface area (Å²) in [6, 6.07) is 15.7. The molecule has 0 radical (unpaired) electrons. The molecule has 41 heavy (non-hydrogen) atoms. The standard InChI is InChI=1S/C35H43NO5/c1-24-8-6-17-34(2)31(16-18-35(34)23-36(33(39)41-35)22-28-11-7-19-40-28)29-15-13-25(20-27(37)14-12-24)21-30(29)32(38)26-9-4-3-5-10-26/h3-5,8-10,13,15,21,27-28,31,37H,6-7,11-12,14,16-20,22-23H2,1-2H3/t27-,28+,31-,34-,35+/m0/s1. The maximum atomic E-state index is 14.0. The van der Waals surface area contributed by atoms with Crippen LogP contribution in [0.1, 0.15) is 98.2 Å². The van der Waals surface area contributed by atoms with Crippen LogP contribution in [0.2, 0.25) is 0 Å². The Labute approximate surface area is 243 Å². The van der Waals surface area contributed by atoms with Crippen molar-refractivity contribution in [2.24, 2.45) is 5.41 Å². The fourth-order valence-electron chi connectivity index (χ4n) is 7.90. The van der Waals surface area contributed by atoms with Crippen LogP contribution in [0.15, 0.2) is 60.2 Å². The molecule has 0 unspecified atom stereocenters. The molecule has 2 aromatic carbocycles. The topological polar surface area (TPSA) is 76.1 Å². The highest BCUT2D eigenvalue weighted by Crippen LogP contribution is 2.61. The van der Waals surface area contributed by atoms with Crippen molar-refractivity contribution in [1.29, 1.82) is 0 Å². The zero-order valence-corrected chi connectivity index (χ0v) is 24.4. The summed E-state index contributed by atoms with van der Waals surface area (Å²) in [7, 11) is 0. The van der Waals surface area contributed by atoms with Gasteiger partial charge in [0.15, 0.2) is 5.78 Å². The lowest BCUT2D eigenvalue weighted by Crippen LogP contribution is -2.48. The van der Waals surface area contributed by atoms with Gasteiger partial charge < -0.3 is 19.5 Å². The molecule has 2 saturated heterocycles. The third kappa shape index (κ3) is 5.37. The van der Waals surface area contributed by atoms with Gasteiger partial charge in [-0.2, -0.15) is 0 Å². The average molecular weight is 558 g/mol. The Bertz CT molecular complexity index is 1320. The predicted molar refractivity (Wildman–Crippen MR) is 158 cm³/mol. The Balaban J connectivity index is 1.42. The minimum atomic E-state index is -0.617. The fourth-order valence-corrected chi connectivity index (χ4v) is 7.90. The number of aliphatic hydroxyl groups is 1. The van der Waals surface area contributed by atoms with Gasteiger partial charge in [0.05, 0.1) is 25.3 Å². The fraction of sp³-hybridized carbons (Fsp3) is 0.543. The molecule has 3 aliphatic carbocycles. The van der Waals surface area contributed by atoms with Crippen molar-refractivity contribution in [2.75, 3.05) is 19.7 Å². The summed E-state index contributed by atoms with van der Waals surface area (Å²) in [6.07, 6.45) is 9.06. The number of amides is 1. The first kappa shape index (κ1) is 28.2. The number of benzene rings is 2. The van der Waals surface area contributed by atoms with Gasteiger partial charge in [0.25, 0.3) is 0 Å². The predicted octanol–water partition coefficient (Wildman–Crippen LogP) is 6.60. The number of hydrogen-bond donors (Lipinski definition) is 1. The van der Waals surface area contributed by atoms with E-state index in [1.54, 1.807) is 0 Å². The SMILES string of the molecule is CC1=CCC[C@@]2(C)[C@@H](CC[C@@]23CN(C[C@H]2CCCO2)C(=O)O3)c2ccc(cc2C(=O)c2ccccc2)C[C@@H](O)CC1. The Kier molecular flexibility index (Phi) is 7.82. The number of aliphatic hydroxyl groups excluding tert-OH is 1. The van der Waals surface area contributed by atoms with Gasteiger partial charge in [0.1, 0.15) is 5.60 Å². The molecule has 5 aliphatic rings. The molecule has 2 aliphatic heterocycles. The maximum absolute atomic E-state index is 14.0. The van der Waals surface area contributed by atoms with Crippen LogP contribution in [-0.2, 0) is 15.9 Å².